The number of anilines is 1. The lowest BCUT2D eigenvalue weighted by molar-refractivity contribution is -0.124. The van der Waals surface area contributed by atoms with E-state index >= 15 is 0 Å². The molecule has 9 heteroatoms. The molecule has 2 amide bonds. The number of rotatable bonds is 9. The van der Waals surface area contributed by atoms with E-state index in [4.69, 9.17) is 4.74 Å². The molecule has 0 aliphatic carbocycles. The minimum atomic E-state index is -0.692. The van der Waals surface area contributed by atoms with Crippen LogP contribution in [0, 0.1) is 6.92 Å². The molecule has 0 saturated heterocycles. The zero-order chi connectivity index (χ0) is 22.9. The number of thioether (sulfide) groups is 1. The molecule has 0 atom stereocenters. The molecule has 0 fully saturated rings. The smallest absolute Gasteiger partial charge is 0.340 e. The number of amides is 2. The Kier molecular flexibility index (Phi) is 8.04. The first kappa shape index (κ1) is 23.1. The Hall–Kier alpha value is -3.59. The Morgan fingerprint density at radius 2 is 1.81 bits per heavy atom. The zero-order valence-electron chi connectivity index (χ0n) is 17.8. The van der Waals surface area contributed by atoms with Crippen LogP contribution in [-0.4, -0.2) is 39.7 Å². The second-order valence-corrected chi connectivity index (χ2v) is 7.98. The SMILES string of the molecule is Cc1ccc(CNC(=O)COC(=O)c2ccccc2NC(=O)CSc2nccn2C)cc1. The van der Waals surface area contributed by atoms with Crippen LogP contribution in [0.3, 0.4) is 0 Å². The molecule has 1 heterocycles. The predicted molar refractivity (Wildman–Crippen MR) is 122 cm³/mol. The molecule has 166 valence electrons. The number of imidazole rings is 1. The quantitative estimate of drug-likeness (QED) is 0.382. The summed E-state index contributed by atoms with van der Waals surface area (Å²) in [4.78, 5) is 41.0. The average molecular weight is 453 g/mol. The van der Waals surface area contributed by atoms with Crippen LogP contribution in [0.15, 0.2) is 66.1 Å². The first-order valence-electron chi connectivity index (χ1n) is 9.91. The van der Waals surface area contributed by atoms with Gasteiger partial charge in [-0.05, 0) is 24.6 Å². The van der Waals surface area contributed by atoms with Crippen molar-refractivity contribution in [3.8, 4) is 0 Å². The molecular formula is C23H24N4O4S. The zero-order valence-corrected chi connectivity index (χ0v) is 18.6. The van der Waals surface area contributed by atoms with E-state index in [1.54, 1.807) is 30.6 Å². The molecule has 0 aliphatic heterocycles. The first-order valence-corrected chi connectivity index (χ1v) is 10.9. The van der Waals surface area contributed by atoms with Crippen LogP contribution in [-0.2, 0) is 27.9 Å². The van der Waals surface area contributed by atoms with E-state index in [1.807, 2.05) is 42.8 Å². The highest BCUT2D eigenvalue weighted by Gasteiger charge is 2.16. The second kappa shape index (κ2) is 11.1. The lowest BCUT2D eigenvalue weighted by Gasteiger charge is -2.11. The first-order chi connectivity index (χ1) is 15.4. The number of ether oxygens (including phenoxy) is 1. The topological polar surface area (TPSA) is 102 Å². The molecule has 32 heavy (non-hydrogen) atoms. The van der Waals surface area contributed by atoms with E-state index in [-0.39, 0.29) is 17.2 Å². The maximum atomic E-state index is 12.5. The normalized spacial score (nSPS) is 10.4. The van der Waals surface area contributed by atoms with Gasteiger partial charge in [-0.25, -0.2) is 9.78 Å². The monoisotopic (exact) mass is 452 g/mol. The van der Waals surface area contributed by atoms with Gasteiger partial charge in [0.1, 0.15) is 0 Å². The van der Waals surface area contributed by atoms with E-state index in [0.29, 0.717) is 17.4 Å². The third kappa shape index (κ3) is 6.71. The summed E-state index contributed by atoms with van der Waals surface area (Å²) >= 11 is 1.28. The largest absolute Gasteiger partial charge is 0.452 e. The summed E-state index contributed by atoms with van der Waals surface area (Å²) in [6.07, 6.45) is 3.45. The summed E-state index contributed by atoms with van der Waals surface area (Å²) in [6.45, 7) is 1.92. The Morgan fingerprint density at radius 1 is 1.06 bits per heavy atom. The molecule has 0 radical (unpaired) electrons. The maximum Gasteiger partial charge on any atom is 0.340 e. The summed E-state index contributed by atoms with van der Waals surface area (Å²) < 4.78 is 6.95. The number of aryl methyl sites for hydroxylation is 2. The van der Waals surface area contributed by atoms with Gasteiger partial charge in [0.05, 0.1) is 17.0 Å². The van der Waals surface area contributed by atoms with Crippen LogP contribution in [0.5, 0.6) is 0 Å². The summed E-state index contributed by atoms with van der Waals surface area (Å²) in [5.74, 6) is -1.25. The number of nitrogens with one attached hydrogen (secondary N) is 2. The van der Waals surface area contributed by atoms with E-state index in [2.05, 4.69) is 15.6 Å². The van der Waals surface area contributed by atoms with Crippen molar-refractivity contribution in [2.24, 2.45) is 7.05 Å². The minimum absolute atomic E-state index is 0.135. The molecule has 3 aromatic rings. The molecule has 0 unspecified atom stereocenters. The summed E-state index contributed by atoms with van der Waals surface area (Å²) in [5.41, 5.74) is 2.58. The second-order valence-electron chi connectivity index (χ2n) is 7.04. The molecule has 3 rings (SSSR count). The van der Waals surface area contributed by atoms with Crippen LogP contribution in [0.1, 0.15) is 21.5 Å². The van der Waals surface area contributed by atoms with Gasteiger partial charge in [-0.2, -0.15) is 0 Å². The van der Waals surface area contributed by atoms with Gasteiger partial charge in [-0.15, -0.1) is 0 Å². The predicted octanol–water partition coefficient (Wildman–Crippen LogP) is 2.93. The molecule has 0 bridgehead atoms. The number of carbonyl (C=O) groups is 3. The molecule has 2 N–H and O–H groups in total. The standard InChI is InChI=1S/C23H24N4O4S/c1-16-7-9-17(10-8-16)13-25-20(28)14-31-22(30)18-5-3-4-6-19(18)26-21(29)15-32-23-24-11-12-27(23)2/h3-12H,13-15H2,1-2H3,(H,25,28)(H,26,29). The minimum Gasteiger partial charge on any atom is -0.452 e. The number of nitrogens with zero attached hydrogens (tertiary/aromatic N) is 2. The van der Waals surface area contributed by atoms with E-state index < -0.39 is 18.5 Å². The fourth-order valence-electron chi connectivity index (χ4n) is 2.74. The van der Waals surface area contributed by atoms with Gasteiger partial charge in [0.15, 0.2) is 11.8 Å². The van der Waals surface area contributed by atoms with Gasteiger partial charge >= 0.3 is 5.97 Å². The van der Waals surface area contributed by atoms with E-state index in [9.17, 15) is 14.4 Å². The number of esters is 1. The molecule has 1 aromatic heterocycles. The lowest BCUT2D eigenvalue weighted by Crippen LogP contribution is -2.28. The van der Waals surface area contributed by atoms with Crippen molar-refractivity contribution < 1.29 is 19.1 Å². The Labute approximate surface area is 190 Å². The Bertz CT molecular complexity index is 1100. The molecule has 0 aliphatic rings. The third-order valence-corrected chi connectivity index (χ3v) is 5.53. The summed E-state index contributed by atoms with van der Waals surface area (Å²) in [7, 11) is 1.84. The van der Waals surface area contributed by atoms with Crippen molar-refractivity contribution >= 4 is 35.2 Å². The Morgan fingerprint density at radius 3 is 2.53 bits per heavy atom. The lowest BCUT2D eigenvalue weighted by atomic mass is 10.1. The Balaban J connectivity index is 1.49. The number of hydrogen-bond donors (Lipinski definition) is 2. The molecule has 8 nitrogen and oxygen atoms in total. The number of hydrogen-bond acceptors (Lipinski definition) is 6. The fourth-order valence-corrected chi connectivity index (χ4v) is 3.48. The van der Waals surface area contributed by atoms with Crippen molar-refractivity contribution in [3.05, 3.63) is 77.6 Å². The maximum absolute atomic E-state index is 12.5. The van der Waals surface area contributed by atoms with E-state index in [1.165, 1.54) is 17.8 Å². The van der Waals surface area contributed by atoms with Crippen molar-refractivity contribution in [3.63, 3.8) is 0 Å². The van der Waals surface area contributed by atoms with E-state index in [0.717, 1.165) is 11.1 Å². The molecule has 2 aromatic carbocycles. The molecule has 0 saturated carbocycles. The van der Waals surface area contributed by atoms with Crippen molar-refractivity contribution in [1.29, 1.82) is 0 Å². The van der Waals surface area contributed by atoms with Crippen LogP contribution in [0.4, 0.5) is 5.69 Å². The average Bonchev–Trinajstić information content (AvgIpc) is 3.20. The number of carbonyl (C=O) groups excluding carboxylic acids is 3. The number of para-hydroxylation sites is 1. The van der Waals surface area contributed by atoms with Crippen LogP contribution < -0.4 is 10.6 Å². The third-order valence-electron chi connectivity index (χ3n) is 4.48. The van der Waals surface area contributed by atoms with Crippen molar-refractivity contribution in [2.75, 3.05) is 17.7 Å². The van der Waals surface area contributed by atoms with Crippen molar-refractivity contribution in [2.45, 2.75) is 18.6 Å². The summed E-state index contributed by atoms with van der Waals surface area (Å²) in [6, 6.07) is 14.3. The van der Waals surface area contributed by atoms with Crippen LogP contribution in [0.2, 0.25) is 0 Å². The van der Waals surface area contributed by atoms with Gasteiger partial charge in [0, 0.05) is 26.0 Å². The van der Waals surface area contributed by atoms with Gasteiger partial charge in [-0.1, -0.05) is 53.7 Å². The number of benzene rings is 2. The fraction of sp³-hybridized carbons (Fsp3) is 0.217. The number of aromatic nitrogens is 2. The van der Waals surface area contributed by atoms with Gasteiger partial charge in [0.25, 0.3) is 5.91 Å². The van der Waals surface area contributed by atoms with Gasteiger partial charge in [-0.3, -0.25) is 9.59 Å². The highest BCUT2D eigenvalue weighted by Crippen LogP contribution is 2.19. The van der Waals surface area contributed by atoms with Crippen molar-refractivity contribution in [1.82, 2.24) is 14.9 Å². The van der Waals surface area contributed by atoms with Crippen LogP contribution >= 0.6 is 11.8 Å². The highest BCUT2D eigenvalue weighted by molar-refractivity contribution is 7.99. The molecule has 0 spiro atoms. The molecular weight excluding hydrogens is 428 g/mol. The van der Waals surface area contributed by atoms with Gasteiger partial charge < -0.3 is 19.9 Å². The highest BCUT2D eigenvalue weighted by atomic mass is 32.2. The summed E-state index contributed by atoms with van der Waals surface area (Å²) in [5, 5.41) is 6.14. The van der Waals surface area contributed by atoms with Crippen LogP contribution in [0.25, 0.3) is 0 Å². The van der Waals surface area contributed by atoms with Gasteiger partial charge in [0.2, 0.25) is 5.91 Å².